The highest BCUT2D eigenvalue weighted by molar-refractivity contribution is 6.09. The zero-order chi connectivity index (χ0) is 20.5. The maximum absolute atomic E-state index is 12.5. The van der Waals surface area contributed by atoms with Crippen molar-refractivity contribution in [3.05, 3.63) is 35.6 Å². The van der Waals surface area contributed by atoms with Crippen LogP contribution in [0.2, 0.25) is 0 Å². The van der Waals surface area contributed by atoms with Gasteiger partial charge in [0.1, 0.15) is 17.7 Å². The first kappa shape index (κ1) is 19.6. The van der Waals surface area contributed by atoms with Crippen LogP contribution in [0.5, 0.6) is 0 Å². The van der Waals surface area contributed by atoms with E-state index in [1.54, 1.807) is 32.9 Å². The number of ether oxygens (including phenoxy) is 1. The van der Waals surface area contributed by atoms with Gasteiger partial charge in [-0.25, -0.2) is 4.79 Å². The second-order valence-electron chi connectivity index (χ2n) is 6.75. The molecule has 148 valence electrons. The molecule has 1 aliphatic rings. The van der Waals surface area contributed by atoms with Gasteiger partial charge in [-0.15, -0.1) is 0 Å². The van der Waals surface area contributed by atoms with E-state index in [0.717, 1.165) is 10.3 Å². The average molecular weight is 386 g/mol. The normalized spacial score (nSPS) is 15.8. The van der Waals surface area contributed by atoms with Gasteiger partial charge in [-0.3, -0.25) is 19.3 Å². The molecule has 1 fully saturated rings. The molecule has 1 saturated heterocycles. The van der Waals surface area contributed by atoms with Crippen LogP contribution in [0.1, 0.15) is 42.8 Å². The smallest absolute Gasteiger partial charge is 0.326 e. The number of hydrogen-bond acceptors (Lipinski definition) is 6. The number of nitrogens with zero attached hydrogens (tertiary/aromatic N) is 1. The van der Waals surface area contributed by atoms with Gasteiger partial charge in [0.25, 0.3) is 5.91 Å². The molecule has 0 bridgehead atoms. The predicted octanol–water partition coefficient (Wildman–Crippen LogP) is 2.58. The fraction of sp³-hybridized carbons (Fsp3) is 0.400. The summed E-state index contributed by atoms with van der Waals surface area (Å²) in [6, 6.07) is 6.58. The van der Waals surface area contributed by atoms with Crippen LogP contribution in [-0.4, -0.2) is 47.3 Å². The molecule has 1 aromatic carbocycles. The number of para-hydroxylation sites is 1. The molecule has 28 heavy (non-hydrogen) atoms. The highest BCUT2D eigenvalue weighted by Crippen LogP contribution is 2.26. The highest BCUT2D eigenvalue weighted by atomic mass is 16.5. The van der Waals surface area contributed by atoms with E-state index in [4.69, 9.17) is 9.15 Å². The number of urea groups is 1. The molecule has 0 spiro atoms. The minimum Gasteiger partial charge on any atom is -0.456 e. The molecule has 1 N–H and O–H groups in total. The van der Waals surface area contributed by atoms with Gasteiger partial charge in [-0.05, 0) is 25.8 Å². The summed E-state index contributed by atoms with van der Waals surface area (Å²) in [4.78, 5) is 49.8. The van der Waals surface area contributed by atoms with Crippen molar-refractivity contribution in [2.75, 3.05) is 13.2 Å². The number of aryl methyl sites for hydroxylation is 1. The van der Waals surface area contributed by atoms with Crippen molar-refractivity contribution in [1.82, 2.24) is 10.2 Å². The van der Waals surface area contributed by atoms with Crippen molar-refractivity contribution in [3.63, 3.8) is 0 Å². The number of imide groups is 1. The minimum absolute atomic E-state index is 0.125. The van der Waals surface area contributed by atoms with Crippen molar-refractivity contribution in [2.45, 2.75) is 39.2 Å². The third-order valence-electron chi connectivity index (χ3n) is 5.20. The van der Waals surface area contributed by atoms with Crippen molar-refractivity contribution in [1.29, 1.82) is 0 Å². The number of rotatable bonds is 7. The SMILES string of the molecule is CCC1(CC)NC(=O)N(CC(=O)OCC(=O)c2oc3ccccc3c2C)C1=O. The van der Waals surface area contributed by atoms with Gasteiger partial charge < -0.3 is 14.5 Å². The van der Waals surface area contributed by atoms with E-state index in [0.29, 0.717) is 24.0 Å². The number of esters is 1. The number of furan rings is 1. The standard InChI is InChI=1S/C20H22N2O6/c1-4-20(5-2)18(25)22(19(26)21-20)10-16(24)27-11-14(23)17-12(3)13-8-6-7-9-15(13)28-17/h6-9H,4-5,10-11H2,1-3H3,(H,21,26). The maximum atomic E-state index is 12.5. The second-order valence-corrected chi connectivity index (χ2v) is 6.75. The van der Waals surface area contributed by atoms with E-state index < -0.39 is 42.4 Å². The lowest BCUT2D eigenvalue weighted by atomic mass is 9.93. The summed E-state index contributed by atoms with van der Waals surface area (Å²) < 4.78 is 10.5. The molecule has 0 saturated carbocycles. The summed E-state index contributed by atoms with van der Waals surface area (Å²) in [5.41, 5.74) is 0.254. The van der Waals surface area contributed by atoms with Gasteiger partial charge >= 0.3 is 12.0 Å². The van der Waals surface area contributed by atoms with Crippen LogP contribution in [0.15, 0.2) is 28.7 Å². The Bertz CT molecular complexity index is 957. The molecule has 8 nitrogen and oxygen atoms in total. The fourth-order valence-corrected chi connectivity index (χ4v) is 3.38. The van der Waals surface area contributed by atoms with Gasteiger partial charge in [0.2, 0.25) is 5.78 Å². The van der Waals surface area contributed by atoms with E-state index in [-0.39, 0.29) is 5.76 Å². The molecule has 0 radical (unpaired) electrons. The molecule has 0 unspecified atom stereocenters. The van der Waals surface area contributed by atoms with Gasteiger partial charge in [-0.2, -0.15) is 0 Å². The lowest BCUT2D eigenvalue weighted by Crippen LogP contribution is -2.46. The molecule has 1 aliphatic heterocycles. The first-order valence-electron chi connectivity index (χ1n) is 9.14. The second kappa shape index (κ2) is 7.46. The molecule has 1 aromatic heterocycles. The number of carbonyl (C=O) groups is 4. The van der Waals surface area contributed by atoms with Crippen LogP contribution < -0.4 is 5.32 Å². The number of ketones is 1. The van der Waals surface area contributed by atoms with E-state index in [9.17, 15) is 19.2 Å². The van der Waals surface area contributed by atoms with E-state index >= 15 is 0 Å². The maximum Gasteiger partial charge on any atom is 0.326 e. The summed E-state index contributed by atoms with van der Waals surface area (Å²) in [7, 11) is 0. The summed E-state index contributed by atoms with van der Waals surface area (Å²) in [5.74, 6) is -1.66. The number of carbonyl (C=O) groups excluding carboxylic acids is 4. The predicted molar refractivity (Wildman–Crippen MR) is 99.8 cm³/mol. The van der Waals surface area contributed by atoms with Crippen molar-refractivity contribution in [2.24, 2.45) is 0 Å². The monoisotopic (exact) mass is 386 g/mol. The lowest BCUT2D eigenvalue weighted by molar-refractivity contribution is -0.146. The van der Waals surface area contributed by atoms with E-state index in [2.05, 4.69) is 5.32 Å². The Morgan fingerprint density at radius 2 is 1.86 bits per heavy atom. The Balaban J connectivity index is 1.62. The minimum atomic E-state index is -0.988. The summed E-state index contributed by atoms with van der Waals surface area (Å²) >= 11 is 0. The van der Waals surface area contributed by atoms with Crippen LogP contribution in [0.3, 0.4) is 0 Å². The molecule has 3 amide bonds. The third-order valence-corrected chi connectivity index (χ3v) is 5.20. The van der Waals surface area contributed by atoms with Gasteiger partial charge in [0.15, 0.2) is 12.4 Å². The Morgan fingerprint density at radius 3 is 2.46 bits per heavy atom. The Morgan fingerprint density at radius 1 is 1.18 bits per heavy atom. The summed E-state index contributed by atoms with van der Waals surface area (Å²) in [5, 5.41) is 3.44. The van der Waals surface area contributed by atoms with Gasteiger partial charge in [0.05, 0.1) is 0 Å². The molecule has 3 rings (SSSR count). The van der Waals surface area contributed by atoms with E-state index in [1.807, 2.05) is 12.1 Å². The summed E-state index contributed by atoms with van der Waals surface area (Å²) in [6.07, 6.45) is 0.840. The van der Waals surface area contributed by atoms with Crippen LogP contribution in [0.25, 0.3) is 11.0 Å². The van der Waals surface area contributed by atoms with Crippen LogP contribution in [0.4, 0.5) is 4.79 Å². The number of benzene rings is 1. The van der Waals surface area contributed by atoms with Crippen molar-refractivity contribution >= 4 is 34.7 Å². The molecular weight excluding hydrogens is 364 g/mol. The van der Waals surface area contributed by atoms with Crippen LogP contribution in [-0.2, 0) is 14.3 Å². The number of amides is 3. The Labute approximate surface area is 161 Å². The fourth-order valence-electron chi connectivity index (χ4n) is 3.38. The molecule has 8 heteroatoms. The largest absolute Gasteiger partial charge is 0.456 e. The zero-order valence-electron chi connectivity index (χ0n) is 16.0. The molecule has 2 aromatic rings. The molecule has 0 aliphatic carbocycles. The zero-order valence-corrected chi connectivity index (χ0v) is 16.0. The lowest BCUT2D eigenvalue weighted by Gasteiger charge is -2.22. The average Bonchev–Trinajstić information content (AvgIpc) is 3.16. The molecular formula is C20H22N2O6. The molecule has 2 heterocycles. The quantitative estimate of drug-likeness (QED) is 0.445. The highest BCUT2D eigenvalue weighted by Gasteiger charge is 2.49. The van der Waals surface area contributed by atoms with Gasteiger partial charge in [-0.1, -0.05) is 32.0 Å². The van der Waals surface area contributed by atoms with Crippen LogP contribution >= 0.6 is 0 Å². The first-order valence-corrected chi connectivity index (χ1v) is 9.14. The van der Waals surface area contributed by atoms with Crippen molar-refractivity contribution in [3.8, 4) is 0 Å². The number of fused-ring (bicyclic) bond motifs is 1. The number of nitrogens with one attached hydrogen (secondary N) is 1. The topological polar surface area (TPSA) is 106 Å². The number of Topliss-reactive ketones (excluding diaryl/α,β-unsaturated/α-hetero) is 1. The summed E-state index contributed by atoms with van der Waals surface area (Å²) in [6.45, 7) is 4.26. The Kier molecular flexibility index (Phi) is 5.22. The number of hydrogen-bond donors (Lipinski definition) is 1. The van der Waals surface area contributed by atoms with Crippen LogP contribution in [0, 0.1) is 6.92 Å². The molecule has 0 atom stereocenters. The third kappa shape index (κ3) is 3.26. The van der Waals surface area contributed by atoms with Crippen molar-refractivity contribution < 1.29 is 28.3 Å². The van der Waals surface area contributed by atoms with E-state index in [1.165, 1.54) is 0 Å². The van der Waals surface area contributed by atoms with Gasteiger partial charge in [0, 0.05) is 10.9 Å². The Hall–Kier alpha value is -3.16. The first-order chi connectivity index (χ1) is 13.3.